The van der Waals surface area contributed by atoms with Gasteiger partial charge in [-0.1, -0.05) is 12.1 Å². The van der Waals surface area contributed by atoms with Crippen LogP contribution in [-0.2, 0) is 0 Å². The van der Waals surface area contributed by atoms with Gasteiger partial charge in [0.25, 0.3) is 0 Å². The predicted octanol–water partition coefficient (Wildman–Crippen LogP) is 3.34. The van der Waals surface area contributed by atoms with E-state index in [-0.39, 0.29) is 17.3 Å². The third kappa shape index (κ3) is 3.57. The Bertz CT molecular complexity index is 695. The van der Waals surface area contributed by atoms with Gasteiger partial charge in [-0.3, -0.25) is 10.1 Å². The average Bonchev–Trinajstić information content (AvgIpc) is 2.43. The van der Waals surface area contributed by atoms with Gasteiger partial charge < -0.3 is 10.6 Å². The maximum absolute atomic E-state index is 11.3. The molecule has 1 aromatic heterocycles. The molecule has 1 heterocycles. The molecule has 2 N–H and O–H groups in total. The monoisotopic (exact) mass is 299 g/mol. The van der Waals surface area contributed by atoms with Crippen LogP contribution in [0.3, 0.4) is 0 Å². The van der Waals surface area contributed by atoms with E-state index in [1.807, 2.05) is 32.0 Å². The molecule has 0 aliphatic carbocycles. The zero-order valence-corrected chi connectivity index (χ0v) is 12.5. The Morgan fingerprint density at radius 3 is 2.45 bits per heavy atom. The molecule has 7 nitrogen and oxygen atoms in total. The highest BCUT2D eigenvalue weighted by Crippen LogP contribution is 2.31. The summed E-state index contributed by atoms with van der Waals surface area (Å²) in [6.07, 6.45) is 2.88. The highest BCUT2D eigenvalue weighted by atomic mass is 16.6. The van der Waals surface area contributed by atoms with Gasteiger partial charge in [0, 0.05) is 12.2 Å². The first-order valence-electron chi connectivity index (χ1n) is 6.70. The third-order valence-corrected chi connectivity index (χ3v) is 2.90. The fraction of sp³-hybridized carbons (Fsp3) is 0.200. The van der Waals surface area contributed by atoms with Crippen LogP contribution in [0.4, 0.5) is 23.0 Å². The first kappa shape index (κ1) is 15.4. The van der Waals surface area contributed by atoms with Gasteiger partial charge in [-0.2, -0.15) is 0 Å². The number of aryl methyl sites for hydroxylation is 2. The standard InChI is InChI=1S/C15H17N5O2/c1-4-5-16-14-13(20(21)22)15(18-9-17-14)19-12-7-10(2)6-11(3)8-12/h4,6-9H,1,5H2,2-3H3,(H2,16,17,18,19). The van der Waals surface area contributed by atoms with E-state index in [0.717, 1.165) is 16.8 Å². The van der Waals surface area contributed by atoms with E-state index in [2.05, 4.69) is 27.2 Å². The second-order valence-electron chi connectivity index (χ2n) is 4.85. The van der Waals surface area contributed by atoms with Crippen molar-refractivity contribution < 1.29 is 4.92 Å². The second kappa shape index (κ2) is 6.66. The summed E-state index contributed by atoms with van der Waals surface area (Å²) in [5.41, 5.74) is 2.67. The Kier molecular flexibility index (Phi) is 4.67. The molecular weight excluding hydrogens is 282 g/mol. The molecule has 114 valence electrons. The summed E-state index contributed by atoms with van der Waals surface area (Å²) in [4.78, 5) is 18.8. The van der Waals surface area contributed by atoms with Crippen molar-refractivity contribution in [3.05, 3.63) is 58.4 Å². The van der Waals surface area contributed by atoms with Crippen LogP contribution >= 0.6 is 0 Å². The van der Waals surface area contributed by atoms with Crippen molar-refractivity contribution in [3.63, 3.8) is 0 Å². The molecule has 0 atom stereocenters. The van der Waals surface area contributed by atoms with Crippen molar-refractivity contribution in [2.75, 3.05) is 17.2 Å². The predicted molar refractivity (Wildman–Crippen MR) is 86.6 cm³/mol. The Hall–Kier alpha value is -2.96. The Morgan fingerprint density at radius 2 is 1.86 bits per heavy atom. The van der Waals surface area contributed by atoms with E-state index in [4.69, 9.17) is 0 Å². The lowest BCUT2D eigenvalue weighted by molar-refractivity contribution is -0.383. The van der Waals surface area contributed by atoms with E-state index in [1.54, 1.807) is 6.08 Å². The SMILES string of the molecule is C=CCNc1ncnc(Nc2cc(C)cc(C)c2)c1[N+](=O)[O-]. The summed E-state index contributed by atoms with van der Waals surface area (Å²) in [6, 6.07) is 5.82. The van der Waals surface area contributed by atoms with Gasteiger partial charge in [-0.15, -0.1) is 6.58 Å². The van der Waals surface area contributed by atoms with Crippen molar-refractivity contribution in [2.45, 2.75) is 13.8 Å². The molecule has 0 spiro atoms. The number of hydrogen-bond acceptors (Lipinski definition) is 6. The fourth-order valence-corrected chi connectivity index (χ4v) is 2.12. The van der Waals surface area contributed by atoms with Crippen molar-refractivity contribution >= 4 is 23.0 Å². The lowest BCUT2D eigenvalue weighted by Crippen LogP contribution is -2.08. The highest BCUT2D eigenvalue weighted by Gasteiger charge is 2.22. The van der Waals surface area contributed by atoms with E-state index in [9.17, 15) is 10.1 Å². The minimum Gasteiger partial charge on any atom is -0.361 e. The zero-order chi connectivity index (χ0) is 16.1. The van der Waals surface area contributed by atoms with E-state index in [0.29, 0.717) is 6.54 Å². The molecule has 0 saturated heterocycles. The molecule has 0 fully saturated rings. The summed E-state index contributed by atoms with van der Waals surface area (Å²) < 4.78 is 0. The summed E-state index contributed by atoms with van der Waals surface area (Å²) in [6.45, 7) is 7.87. The summed E-state index contributed by atoms with van der Waals surface area (Å²) in [5.74, 6) is 0.309. The minimum atomic E-state index is -0.504. The topological polar surface area (TPSA) is 93.0 Å². The molecule has 7 heteroatoms. The van der Waals surface area contributed by atoms with Gasteiger partial charge in [-0.05, 0) is 37.1 Å². The quantitative estimate of drug-likeness (QED) is 0.483. The van der Waals surface area contributed by atoms with Crippen molar-refractivity contribution in [1.29, 1.82) is 0 Å². The van der Waals surface area contributed by atoms with Crippen LogP contribution in [0.2, 0.25) is 0 Å². The highest BCUT2D eigenvalue weighted by molar-refractivity contribution is 5.74. The summed E-state index contributed by atoms with van der Waals surface area (Å²) in [7, 11) is 0. The molecule has 0 aliphatic rings. The minimum absolute atomic E-state index is 0.150. The van der Waals surface area contributed by atoms with Crippen molar-refractivity contribution in [3.8, 4) is 0 Å². The van der Waals surface area contributed by atoms with E-state index >= 15 is 0 Å². The molecule has 2 rings (SSSR count). The fourth-order valence-electron chi connectivity index (χ4n) is 2.12. The molecule has 0 radical (unpaired) electrons. The number of rotatable bonds is 6. The van der Waals surface area contributed by atoms with Crippen LogP contribution in [0.25, 0.3) is 0 Å². The van der Waals surface area contributed by atoms with E-state index < -0.39 is 4.92 Å². The second-order valence-corrected chi connectivity index (χ2v) is 4.85. The van der Waals surface area contributed by atoms with Crippen LogP contribution in [-0.4, -0.2) is 21.4 Å². The molecule has 0 unspecified atom stereocenters. The number of hydrogen-bond donors (Lipinski definition) is 2. The van der Waals surface area contributed by atoms with Gasteiger partial charge in [0.15, 0.2) is 0 Å². The molecular formula is C15H17N5O2. The lowest BCUT2D eigenvalue weighted by Gasteiger charge is -2.10. The Balaban J connectivity index is 2.41. The van der Waals surface area contributed by atoms with Gasteiger partial charge in [-0.25, -0.2) is 9.97 Å². The van der Waals surface area contributed by atoms with Gasteiger partial charge in [0.2, 0.25) is 11.6 Å². The van der Waals surface area contributed by atoms with Crippen LogP contribution < -0.4 is 10.6 Å². The summed E-state index contributed by atoms with van der Waals surface area (Å²) in [5, 5.41) is 17.2. The molecule has 0 saturated carbocycles. The van der Waals surface area contributed by atoms with Gasteiger partial charge >= 0.3 is 5.69 Å². The third-order valence-electron chi connectivity index (χ3n) is 2.90. The number of nitrogens with zero attached hydrogens (tertiary/aromatic N) is 3. The van der Waals surface area contributed by atoms with Gasteiger partial charge in [0.1, 0.15) is 6.33 Å². The maximum Gasteiger partial charge on any atom is 0.353 e. The number of nitrogens with one attached hydrogen (secondary N) is 2. The molecule has 22 heavy (non-hydrogen) atoms. The maximum atomic E-state index is 11.3. The zero-order valence-electron chi connectivity index (χ0n) is 12.5. The smallest absolute Gasteiger partial charge is 0.353 e. The number of anilines is 3. The van der Waals surface area contributed by atoms with Crippen molar-refractivity contribution in [1.82, 2.24) is 9.97 Å². The Morgan fingerprint density at radius 1 is 1.23 bits per heavy atom. The van der Waals surface area contributed by atoms with E-state index in [1.165, 1.54) is 6.33 Å². The van der Waals surface area contributed by atoms with Crippen LogP contribution in [0.15, 0.2) is 37.2 Å². The van der Waals surface area contributed by atoms with Crippen molar-refractivity contribution in [2.24, 2.45) is 0 Å². The number of benzene rings is 1. The first-order chi connectivity index (χ1) is 10.5. The first-order valence-corrected chi connectivity index (χ1v) is 6.70. The largest absolute Gasteiger partial charge is 0.361 e. The van der Waals surface area contributed by atoms with Gasteiger partial charge in [0.05, 0.1) is 4.92 Å². The number of nitro groups is 1. The molecule has 0 amide bonds. The lowest BCUT2D eigenvalue weighted by atomic mass is 10.1. The number of aromatic nitrogens is 2. The molecule has 2 aromatic rings. The normalized spacial score (nSPS) is 10.1. The molecule has 1 aromatic carbocycles. The van der Waals surface area contributed by atoms with Crippen LogP contribution in [0.1, 0.15) is 11.1 Å². The molecule has 0 bridgehead atoms. The summed E-state index contributed by atoms with van der Waals surface area (Å²) >= 11 is 0. The van der Waals surface area contributed by atoms with Crippen LogP contribution in [0.5, 0.6) is 0 Å². The van der Waals surface area contributed by atoms with Crippen LogP contribution in [0, 0.1) is 24.0 Å². The Labute approximate surface area is 128 Å². The average molecular weight is 299 g/mol. The molecule has 0 aliphatic heterocycles.